The SMILES string of the molecule is Cc1ccc(F)cc1NC(=O)CN1CCNC(C)C1. The first-order chi connectivity index (χ1) is 9.04. The molecule has 0 saturated carbocycles. The molecule has 19 heavy (non-hydrogen) atoms. The van der Waals surface area contributed by atoms with E-state index in [0.717, 1.165) is 25.2 Å². The van der Waals surface area contributed by atoms with Crippen LogP contribution >= 0.6 is 0 Å². The number of hydrogen-bond donors (Lipinski definition) is 2. The molecular weight excluding hydrogens is 245 g/mol. The van der Waals surface area contributed by atoms with Crippen molar-refractivity contribution in [2.45, 2.75) is 19.9 Å². The van der Waals surface area contributed by atoms with Crippen LogP contribution in [0.2, 0.25) is 0 Å². The normalized spacial score (nSPS) is 20.3. The number of amides is 1. The Morgan fingerprint density at radius 2 is 2.37 bits per heavy atom. The zero-order chi connectivity index (χ0) is 13.8. The van der Waals surface area contributed by atoms with Crippen molar-refractivity contribution in [1.82, 2.24) is 10.2 Å². The second-order valence-corrected chi connectivity index (χ2v) is 5.10. The van der Waals surface area contributed by atoms with E-state index < -0.39 is 0 Å². The number of benzene rings is 1. The standard InChI is InChI=1S/C14H20FN3O/c1-10-3-4-12(15)7-13(10)17-14(19)9-18-6-5-16-11(2)8-18/h3-4,7,11,16H,5-6,8-9H2,1-2H3,(H,17,19). The van der Waals surface area contributed by atoms with Crippen LogP contribution in [0.15, 0.2) is 18.2 Å². The van der Waals surface area contributed by atoms with Crippen LogP contribution in [0.25, 0.3) is 0 Å². The Labute approximate surface area is 113 Å². The maximum absolute atomic E-state index is 13.1. The fraction of sp³-hybridized carbons (Fsp3) is 0.500. The highest BCUT2D eigenvalue weighted by molar-refractivity contribution is 5.92. The van der Waals surface area contributed by atoms with Crippen molar-refractivity contribution in [2.24, 2.45) is 0 Å². The van der Waals surface area contributed by atoms with Crippen molar-refractivity contribution in [3.63, 3.8) is 0 Å². The number of carbonyl (C=O) groups excluding carboxylic acids is 1. The minimum atomic E-state index is -0.336. The predicted molar refractivity (Wildman–Crippen MR) is 73.7 cm³/mol. The van der Waals surface area contributed by atoms with Gasteiger partial charge >= 0.3 is 0 Å². The van der Waals surface area contributed by atoms with Crippen LogP contribution in [0.3, 0.4) is 0 Å². The molecule has 1 amide bonds. The number of nitrogens with one attached hydrogen (secondary N) is 2. The summed E-state index contributed by atoms with van der Waals surface area (Å²) < 4.78 is 13.1. The molecule has 0 aliphatic carbocycles. The number of piperazine rings is 1. The summed E-state index contributed by atoms with van der Waals surface area (Å²) in [7, 11) is 0. The highest BCUT2D eigenvalue weighted by atomic mass is 19.1. The van der Waals surface area contributed by atoms with E-state index >= 15 is 0 Å². The maximum atomic E-state index is 13.1. The Bertz CT molecular complexity index is 464. The largest absolute Gasteiger partial charge is 0.325 e. The summed E-state index contributed by atoms with van der Waals surface area (Å²) in [5.74, 6) is -0.431. The number of hydrogen-bond acceptors (Lipinski definition) is 3. The molecule has 1 unspecified atom stereocenters. The summed E-state index contributed by atoms with van der Waals surface area (Å²) in [6.45, 7) is 6.91. The molecule has 1 fully saturated rings. The van der Waals surface area contributed by atoms with Crippen LogP contribution in [0.1, 0.15) is 12.5 Å². The molecule has 1 aromatic carbocycles. The molecule has 1 aliphatic heterocycles. The molecule has 2 N–H and O–H groups in total. The van der Waals surface area contributed by atoms with E-state index in [1.54, 1.807) is 6.07 Å². The van der Waals surface area contributed by atoms with Crippen molar-refractivity contribution < 1.29 is 9.18 Å². The number of carbonyl (C=O) groups is 1. The van der Waals surface area contributed by atoms with Gasteiger partial charge in [-0.3, -0.25) is 9.69 Å². The lowest BCUT2D eigenvalue weighted by molar-refractivity contribution is -0.117. The van der Waals surface area contributed by atoms with Gasteiger partial charge in [0, 0.05) is 31.4 Å². The Balaban J connectivity index is 1.92. The molecule has 0 spiro atoms. The smallest absolute Gasteiger partial charge is 0.238 e. The fourth-order valence-electron chi connectivity index (χ4n) is 2.28. The molecule has 0 aromatic heterocycles. The number of anilines is 1. The Kier molecular flexibility index (Phi) is 4.50. The van der Waals surface area contributed by atoms with Crippen molar-refractivity contribution >= 4 is 11.6 Å². The number of aryl methyl sites for hydroxylation is 1. The van der Waals surface area contributed by atoms with Gasteiger partial charge in [0.25, 0.3) is 0 Å². The third kappa shape index (κ3) is 4.01. The van der Waals surface area contributed by atoms with E-state index in [4.69, 9.17) is 0 Å². The number of halogens is 1. The summed E-state index contributed by atoms with van der Waals surface area (Å²) in [4.78, 5) is 14.1. The highest BCUT2D eigenvalue weighted by Crippen LogP contribution is 2.15. The lowest BCUT2D eigenvalue weighted by Crippen LogP contribution is -2.51. The van der Waals surface area contributed by atoms with Crippen LogP contribution in [0, 0.1) is 12.7 Å². The van der Waals surface area contributed by atoms with Gasteiger partial charge in [0.05, 0.1) is 6.54 Å². The third-order valence-corrected chi connectivity index (χ3v) is 3.29. The van der Waals surface area contributed by atoms with Gasteiger partial charge in [0.2, 0.25) is 5.91 Å². The Morgan fingerprint density at radius 1 is 1.58 bits per heavy atom. The van der Waals surface area contributed by atoms with Crippen LogP contribution in [0.5, 0.6) is 0 Å². The monoisotopic (exact) mass is 265 g/mol. The topological polar surface area (TPSA) is 44.4 Å². The first-order valence-electron chi connectivity index (χ1n) is 6.56. The zero-order valence-corrected chi connectivity index (χ0v) is 11.4. The van der Waals surface area contributed by atoms with Crippen LogP contribution < -0.4 is 10.6 Å². The van der Waals surface area contributed by atoms with E-state index in [9.17, 15) is 9.18 Å². The Hall–Kier alpha value is -1.46. The van der Waals surface area contributed by atoms with Gasteiger partial charge < -0.3 is 10.6 Å². The first kappa shape index (κ1) is 14.0. The predicted octanol–water partition coefficient (Wildman–Crippen LogP) is 1.37. The van der Waals surface area contributed by atoms with Gasteiger partial charge in [-0.2, -0.15) is 0 Å². The zero-order valence-electron chi connectivity index (χ0n) is 11.4. The molecule has 1 aliphatic rings. The number of nitrogens with zero attached hydrogens (tertiary/aromatic N) is 1. The molecular formula is C14H20FN3O. The van der Waals surface area contributed by atoms with Gasteiger partial charge in [-0.1, -0.05) is 6.07 Å². The molecule has 5 heteroatoms. The molecule has 4 nitrogen and oxygen atoms in total. The van der Waals surface area contributed by atoms with Crippen molar-refractivity contribution in [3.05, 3.63) is 29.6 Å². The van der Waals surface area contributed by atoms with E-state index in [2.05, 4.69) is 22.5 Å². The summed E-state index contributed by atoms with van der Waals surface area (Å²) in [6.07, 6.45) is 0. The lowest BCUT2D eigenvalue weighted by Gasteiger charge is -2.31. The second kappa shape index (κ2) is 6.12. The molecule has 104 valence electrons. The minimum absolute atomic E-state index is 0.0946. The highest BCUT2D eigenvalue weighted by Gasteiger charge is 2.18. The molecule has 2 rings (SSSR count). The van der Waals surface area contributed by atoms with E-state index in [0.29, 0.717) is 18.3 Å². The summed E-state index contributed by atoms with van der Waals surface area (Å²) in [6, 6.07) is 4.81. The average Bonchev–Trinajstić information content (AvgIpc) is 2.34. The molecule has 1 heterocycles. The van der Waals surface area contributed by atoms with Crippen LogP contribution in [0.4, 0.5) is 10.1 Å². The summed E-state index contributed by atoms with van der Waals surface area (Å²) >= 11 is 0. The summed E-state index contributed by atoms with van der Waals surface area (Å²) in [5, 5.41) is 6.10. The van der Waals surface area contributed by atoms with Gasteiger partial charge in [0.1, 0.15) is 5.82 Å². The van der Waals surface area contributed by atoms with Crippen LogP contribution in [-0.2, 0) is 4.79 Å². The van der Waals surface area contributed by atoms with Crippen molar-refractivity contribution in [3.8, 4) is 0 Å². The summed E-state index contributed by atoms with van der Waals surface area (Å²) in [5.41, 5.74) is 1.41. The third-order valence-electron chi connectivity index (χ3n) is 3.29. The fourth-order valence-corrected chi connectivity index (χ4v) is 2.28. The maximum Gasteiger partial charge on any atom is 0.238 e. The van der Waals surface area contributed by atoms with Crippen molar-refractivity contribution in [1.29, 1.82) is 0 Å². The molecule has 0 radical (unpaired) electrons. The average molecular weight is 265 g/mol. The molecule has 1 saturated heterocycles. The molecule has 1 atom stereocenters. The molecule has 1 aromatic rings. The van der Waals surface area contributed by atoms with Crippen molar-refractivity contribution in [2.75, 3.05) is 31.5 Å². The van der Waals surface area contributed by atoms with Gasteiger partial charge in [-0.05, 0) is 31.5 Å². The van der Waals surface area contributed by atoms with E-state index in [1.165, 1.54) is 12.1 Å². The second-order valence-electron chi connectivity index (χ2n) is 5.10. The first-order valence-corrected chi connectivity index (χ1v) is 6.56. The minimum Gasteiger partial charge on any atom is -0.325 e. The lowest BCUT2D eigenvalue weighted by atomic mass is 10.2. The quantitative estimate of drug-likeness (QED) is 0.867. The van der Waals surface area contributed by atoms with Crippen LogP contribution in [-0.4, -0.2) is 43.0 Å². The Morgan fingerprint density at radius 3 is 3.11 bits per heavy atom. The van der Waals surface area contributed by atoms with Gasteiger partial charge in [0.15, 0.2) is 0 Å². The van der Waals surface area contributed by atoms with Gasteiger partial charge in [-0.25, -0.2) is 4.39 Å². The van der Waals surface area contributed by atoms with E-state index in [-0.39, 0.29) is 11.7 Å². The van der Waals surface area contributed by atoms with Gasteiger partial charge in [-0.15, -0.1) is 0 Å². The molecule has 0 bridgehead atoms. The number of rotatable bonds is 3. The van der Waals surface area contributed by atoms with E-state index in [1.807, 2.05) is 6.92 Å².